The topological polar surface area (TPSA) is 60.3 Å². The molecule has 0 atom stereocenters. The van der Waals surface area contributed by atoms with E-state index in [9.17, 15) is 0 Å². The van der Waals surface area contributed by atoms with Crippen molar-refractivity contribution >= 4 is 6.21 Å². The zero-order chi connectivity index (χ0) is 19.2. The van der Waals surface area contributed by atoms with Gasteiger partial charge in [0.25, 0.3) is 0 Å². The van der Waals surface area contributed by atoms with Crippen LogP contribution in [-0.4, -0.2) is 31.7 Å². The molecule has 0 radical (unpaired) electrons. The molecule has 0 aliphatic carbocycles. The van der Waals surface area contributed by atoms with Crippen molar-refractivity contribution in [3.8, 4) is 17.2 Å². The van der Waals surface area contributed by atoms with Gasteiger partial charge in [-0.1, -0.05) is 38.1 Å². The van der Waals surface area contributed by atoms with Gasteiger partial charge in [-0.2, -0.15) is 0 Å². The van der Waals surface area contributed by atoms with Crippen LogP contribution in [0, 0.1) is 6.92 Å². The predicted octanol–water partition coefficient (Wildman–Crippen LogP) is 4.57. The van der Waals surface area contributed by atoms with Crippen molar-refractivity contribution in [2.45, 2.75) is 33.1 Å². The van der Waals surface area contributed by atoms with Crippen molar-refractivity contribution < 1.29 is 19.4 Å². The van der Waals surface area contributed by atoms with Crippen molar-refractivity contribution in [3.63, 3.8) is 0 Å². The number of oxime groups is 1. The number of aryl methyl sites for hydroxylation is 1. The van der Waals surface area contributed by atoms with Crippen molar-refractivity contribution in [2.24, 2.45) is 5.16 Å². The van der Waals surface area contributed by atoms with Crippen LogP contribution in [0.2, 0.25) is 0 Å². The summed E-state index contributed by atoms with van der Waals surface area (Å²) < 4.78 is 17.1. The highest BCUT2D eigenvalue weighted by molar-refractivity contribution is 5.80. The van der Waals surface area contributed by atoms with Crippen LogP contribution in [0.15, 0.2) is 41.6 Å². The van der Waals surface area contributed by atoms with Crippen LogP contribution in [0.25, 0.3) is 0 Å². The zero-order valence-corrected chi connectivity index (χ0v) is 16.1. The Morgan fingerprint density at radius 1 is 0.962 bits per heavy atom. The first kappa shape index (κ1) is 19.6. The van der Waals surface area contributed by atoms with Gasteiger partial charge in [0.2, 0.25) is 0 Å². The highest BCUT2D eigenvalue weighted by Crippen LogP contribution is 2.32. The number of hydrogen-bond acceptors (Lipinski definition) is 5. The van der Waals surface area contributed by atoms with Gasteiger partial charge < -0.3 is 19.4 Å². The number of ether oxygens (including phenoxy) is 3. The van der Waals surface area contributed by atoms with Gasteiger partial charge in [0, 0.05) is 5.56 Å². The number of benzene rings is 2. The number of rotatable bonds is 7. The second-order valence-electron chi connectivity index (χ2n) is 7.10. The van der Waals surface area contributed by atoms with Gasteiger partial charge in [0.1, 0.15) is 19.0 Å². The first-order valence-corrected chi connectivity index (χ1v) is 8.57. The van der Waals surface area contributed by atoms with E-state index in [1.54, 1.807) is 25.3 Å². The molecule has 1 N–H and O–H groups in total. The maximum absolute atomic E-state index is 8.67. The molecule has 0 aliphatic rings. The van der Waals surface area contributed by atoms with Crippen LogP contribution in [0.4, 0.5) is 0 Å². The second kappa shape index (κ2) is 8.61. The molecule has 26 heavy (non-hydrogen) atoms. The maximum Gasteiger partial charge on any atom is 0.161 e. The number of nitrogens with zero attached hydrogens (tertiary/aromatic N) is 1. The molecule has 0 unspecified atom stereocenters. The minimum absolute atomic E-state index is 0.00503. The monoisotopic (exact) mass is 357 g/mol. The molecule has 0 saturated carbocycles. The molecule has 5 nitrogen and oxygen atoms in total. The third kappa shape index (κ3) is 5.15. The molecule has 0 aliphatic heterocycles. The van der Waals surface area contributed by atoms with Crippen LogP contribution < -0.4 is 14.2 Å². The molecule has 2 rings (SSSR count). The SMILES string of the molecule is COc1ccc(C=NO)cc1OCCOc1cc(C)ccc1C(C)(C)C. The highest BCUT2D eigenvalue weighted by Gasteiger charge is 2.19. The average molecular weight is 357 g/mol. The van der Waals surface area contributed by atoms with Gasteiger partial charge in [0.05, 0.1) is 13.3 Å². The van der Waals surface area contributed by atoms with E-state index in [2.05, 4.69) is 51.0 Å². The Morgan fingerprint density at radius 2 is 1.65 bits per heavy atom. The third-order valence-corrected chi connectivity index (χ3v) is 3.94. The molecule has 0 amide bonds. The second-order valence-corrected chi connectivity index (χ2v) is 7.10. The van der Waals surface area contributed by atoms with E-state index in [1.807, 2.05) is 0 Å². The molecule has 2 aromatic carbocycles. The Kier molecular flexibility index (Phi) is 6.50. The lowest BCUT2D eigenvalue weighted by Gasteiger charge is -2.23. The summed E-state index contributed by atoms with van der Waals surface area (Å²) in [5.41, 5.74) is 3.05. The lowest BCUT2D eigenvalue weighted by atomic mass is 9.86. The van der Waals surface area contributed by atoms with E-state index in [4.69, 9.17) is 19.4 Å². The van der Waals surface area contributed by atoms with E-state index in [1.165, 1.54) is 11.8 Å². The highest BCUT2D eigenvalue weighted by atomic mass is 16.5. The van der Waals surface area contributed by atoms with Gasteiger partial charge in [-0.3, -0.25) is 0 Å². The zero-order valence-electron chi connectivity index (χ0n) is 16.1. The summed E-state index contributed by atoms with van der Waals surface area (Å²) in [5, 5.41) is 11.7. The van der Waals surface area contributed by atoms with Crippen molar-refractivity contribution in [1.82, 2.24) is 0 Å². The van der Waals surface area contributed by atoms with Crippen LogP contribution in [-0.2, 0) is 5.41 Å². The Balaban J connectivity index is 2.04. The summed E-state index contributed by atoms with van der Waals surface area (Å²) in [6.45, 7) is 9.33. The molecule has 0 bridgehead atoms. The maximum atomic E-state index is 8.67. The fourth-order valence-corrected chi connectivity index (χ4v) is 2.62. The normalized spacial score (nSPS) is 11.6. The summed E-state index contributed by atoms with van der Waals surface area (Å²) in [4.78, 5) is 0. The largest absolute Gasteiger partial charge is 0.493 e. The molecule has 2 aromatic rings. The fourth-order valence-electron chi connectivity index (χ4n) is 2.62. The fraction of sp³-hybridized carbons (Fsp3) is 0.381. The molecule has 0 saturated heterocycles. The first-order chi connectivity index (χ1) is 12.3. The minimum atomic E-state index is 0.00503. The van der Waals surface area contributed by atoms with Crippen molar-refractivity contribution in [2.75, 3.05) is 20.3 Å². The molecule has 0 spiro atoms. The van der Waals surface area contributed by atoms with E-state index in [0.717, 1.165) is 16.9 Å². The lowest BCUT2D eigenvalue weighted by Crippen LogP contribution is -2.16. The first-order valence-electron chi connectivity index (χ1n) is 8.57. The summed E-state index contributed by atoms with van der Waals surface area (Å²) in [7, 11) is 1.58. The van der Waals surface area contributed by atoms with Gasteiger partial charge in [-0.15, -0.1) is 0 Å². The van der Waals surface area contributed by atoms with E-state index in [0.29, 0.717) is 24.7 Å². The predicted molar refractivity (Wildman–Crippen MR) is 103 cm³/mol. The summed E-state index contributed by atoms with van der Waals surface area (Å²) >= 11 is 0. The van der Waals surface area contributed by atoms with E-state index >= 15 is 0 Å². The lowest BCUT2D eigenvalue weighted by molar-refractivity contribution is 0.208. The van der Waals surface area contributed by atoms with Crippen LogP contribution in [0.5, 0.6) is 17.2 Å². The van der Waals surface area contributed by atoms with Crippen molar-refractivity contribution in [3.05, 3.63) is 53.1 Å². The van der Waals surface area contributed by atoms with Gasteiger partial charge in [-0.25, -0.2) is 0 Å². The number of methoxy groups -OCH3 is 1. The van der Waals surface area contributed by atoms with Crippen molar-refractivity contribution in [1.29, 1.82) is 0 Å². The smallest absolute Gasteiger partial charge is 0.161 e. The summed E-state index contributed by atoms with van der Waals surface area (Å²) in [5.74, 6) is 2.08. The van der Waals surface area contributed by atoms with Gasteiger partial charge in [-0.05, 0) is 47.7 Å². The van der Waals surface area contributed by atoms with Crippen LogP contribution in [0.1, 0.15) is 37.5 Å². The standard InChI is InChI=1S/C21H27NO4/c1-15-6-8-17(21(2,3)4)19(12-15)25-10-11-26-20-13-16(14-22-23)7-9-18(20)24-5/h6-9,12-14,23H,10-11H2,1-5H3. The van der Waals surface area contributed by atoms with Crippen LogP contribution >= 0.6 is 0 Å². The summed E-state index contributed by atoms with van der Waals surface area (Å²) in [6.07, 6.45) is 1.34. The number of hydrogen-bond donors (Lipinski definition) is 1. The minimum Gasteiger partial charge on any atom is -0.493 e. The Morgan fingerprint density at radius 3 is 2.27 bits per heavy atom. The van der Waals surface area contributed by atoms with Crippen LogP contribution in [0.3, 0.4) is 0 Å². The Hall–Kier alpha value is -2.69. The summed E-state index contributed by atoms with van der Waals surface area (Å²) in [6, 6.07) is 11.6. The molecule has 0 heterocycles. The van der Waals surface area contributed by atoms with E-state index in [-0.39, 0.29) is 5.41 Å². The molecule has 0 aromatic heterocycles. The molecular formula is C21H27NO4. The Bertz CT molecular complexity index is 763. The quantitative estimate of drug-likeness (QED) is 0.341. The van der Waals surface area contributed by atoms with Gasteiger partial charge >= 0.3 is 0 Å². The van der Waals surface area contributed by atoms with Gasteiger partial charge in [0.15, 0.2) is 11.5 Å². The molecule has 5 heteroatoms. The average Bonchev–Trinajstić information content (AvgIpc) is 2.58. The molecule has 140 valence electrons. The molecule has 0 fully saturated rings. The molecular weight excluding hydrogens is 330 g/mol. The third-order valence-electron chi connectivity index (χ3n) is 3.94. The Labute approximate surface area is 155 Å². The van der Waals surface area contributed by atoms with E-state index < -0.39 is 0 Å².